The Labute approximate surface area is 285 Å². The van der Waals surface area contributed by atoms with Crippen molar-refractivity contribution in [3.8, 4) is 11.1 Å². The molecule has 0 saturated carbocycles. The normalized spacial score (nSPS) is 16.1. The Hall–Kier alpha value is -5.70. The van der Waals surface area contributed by atoms with Crippen molar-refractivity contribution in [2.75, 3.05) is 11.1 Å². The molecule has 2 aliphatic rings. The van der Waals surface area contributed by atoms with E-state index in [0.29, 0.717) is 30.0 Å². The van der Waals surface area contributed by atoms with Gasteiger partial charge in [0.1, 0.15) is 0 Å². The third-order valence-corrected chi connectivity index (χ3v) is 9.09. The molecule has 0 radical (unpaired) electrons. The molecule has 0 unspecified atom stereocenters. The van der Waals surface area contributed by atoms with Gasteiger partial charge < -0.3 is 30.9 Å². The van der Waals surface area contributed by atoms with Crippen LogP contribution in [0.2, 0.25) is 0 Å². The topological polar surface area (TPSA) is 123 Å². The van der Waals surface area contributed by atoms with E-state index in [2.05, 4.69) is 53.1 Å². The highest BCUT2D eigenvalue weighted by Gasteiger charge is 2.32. The minimum absolute atomic E-state index is 0.0215. The van der Waals surface area contributed by atoms with Gasteiger partial charge >= 0.3 is 0 Å². The van der Waals surface area contributed by atoms with Crippen LogP contribution in [0.1, 0.15) is 56.1 Å². The molecule has 5 aromatic rings. The van der Waals surface area contributed by atoms with Crippen LogP contribution < -0.4 is 16.4 Å². The molecule has 246 valence electrons. The number of aliphatic hydroxyl groups is 1. The lowest BCUT2D eigenvalue weighted by Crippen LogP contribution is -2.32. The fourth-order valence-electron chi connectivity index (χ4n) is 6.44. The summed E-state index contributed by atoms with van der Waals surface area (Å²) in [6.07, 6.45) is 2.65. The molecule has 0 bridgehead atoms. The molecule has 1 aliphatic heterocycles. The number of carbonyl (C=O) groups is 2. The maximum Gasteiger partial charge on any atom is 0.286 e. The van der Waals surface area contributed by atoms with Crippen LogP contribution in [0, 0.1) is 0 Å². The second kappa shape index (κ2) is 14.2. The van der Waals surface area contributed by atoms with Gasteiger partial charge in [0.2, 0.25) is 6.29 Å². The second-order valence-electron chi connectivity index (χ2n) is 12.3. The first-order valence-corrected chi connectivity index (χ1v) is 16.4. The quantitative estimate of drug-likeness (QED) is 0.121. The molecule has 0 spiro atoms. The highest BCUT2D eigenvalue weighted by molar-refractivity contribution is 6.05. The maximum absolute atomic E-state index is 13.6. The average molecular weight is 652 g/mol. The van der Waals surface area contributed by atoms with Crippen LogP contribution >= 0.6 is 0 Å². The highest BCUT2D eigenvalue weighted by Crippen LogP contribution is 2.43. The molecule has 7 rings (SSSR count). The van der Waals surface area contributed by atoms with Crippen LogP contribution in [-0.4, -0.2) is 23.2 Å². The lowest BCUT2D eigenvalue weighted by Gasteiger charge is -2.30. The third-order valence-electron chi connectivity index (χ3n) is 9.09. The summed E-state index contributed by atoms with van der Waals surface area (Å²) < 4.78 is 12.4. The predicted octanol–water partition coefficient (Wildman–Crippen LogP) is 6.83. The van der Waals surface area contributed by atoms with Crippen LogP contribution in [0.4, 0.5) is 11.4 Å². The van der Waals surface area contributed by atoms with Crippen molar-refractivity contribution in [2.24, 2.45) is 0 Å². The molecule has 2 atom stereocenters. The summed E-state index contributed by atoms with van der Waals surface area (Å²) >= 11 is 0. The van der Waals surface area contributed by atoms with Gasteiger partial charge in [-0.05, 0) is 81.3 Å². The number of anilines is 2. The summed E-state index contributed by atoms with van der Waals surface area (Å²) in [7, 11) is 0. The summed E-state index contributed by atoms with van der Waals surface area (Å²) in [5.41, 5.74) is 16.3. The lowest BCUT2D eigenvalue weighted by molar-refractivity contribution is -0.150. The van der Waals surface area contributed by atoms with Crippen molar-refractivity contribution in [3.05, 3.63) is 166 Å². The zero-order chi connectivity index (χ0) is 33.7. The summed E-state index contributed by atoms with van der Waals surface area (Å²) in [5, 5.41) is 15.2. The SMILES string of the molecule is Nc1ccccc1NC(=O)c1ccc(CNC(=O)C2=C[C@H](c3cccc4c3Cc3ccccc3-4)C[C@H](OCc3ccc(CO)cc3)O2)cc1. The van der Waals surface area contributed by atoms with E-state index in [1.807, 2.05) is 42.5 Å². The molecule has 49 heavy (non-hydrogen) atoms. The first-order valence-electron chi connectivity index (χ1n) is 16.4. The van der Waals surface area contributed by atoms with E-state index >= 15 is 0 Å². The number of hydrogen-bond acceptors (Lipinski definition) is 6. The number of nitrogen functional groups attached to an aromatic ring is 1. The standard InChI is InChI=1S/C41H37N3O5/c42-36-10-3-4-11-37(36)44-40(46)29-18-16-26(17-19-29)23-43-41(47)38-21-31(22-39(49-38)48-25-28-14-12-27(24-45)13-15-28)33-8-5-9-34-32-7-2-1-6-30(32)20-35(33)34/h1-19,21,31,39,45H,20,22-25,42H2,(H,43,47)(H,44,46)/t31-,39+/m0/s1. The van der Waals surface area contributed by atoms with Crippen LogP contribution in [0.3, 0.4) is 0 Å². The van der Waals surface area contributed by atoms with E-state index in [9.17, 15) is 14.7 Å². The van der Waals surface area contributed by atoms with Crippen molar-refractivity contribution in [1.82, 2.24) is 5.32 Å². The molecule has 0 aromatic heterocycles. The van der Waals surface area contributed by atoms with E-state index in [0.717, 1.165) is 28.7 Å². The number of benzene rings is 5. The van der Waals surface area contributed by atoms with Gasteiger partial charge in [-0.15, -0.1) is 0 Å². The summed E-state index contributed by atoms with van der Waals surface area (Å²) in [6, 6.07) is 36.6. The number of nitrogens with two attached hydrogens (primary N) is 1. The van der Waals surface area contributed by atoms with E-state index in [4.69, 9.17) is 15.2 Å². The Morgan fingerprint density at radius 1 is 0.796 bits per heavy atom. The molecule has 0 fully saturated rings. The molecule has 8 nitrogen and oxygen atoms in total. The highest BCUT2D eigenvalue weighted by atomic mass is 16.7. The van der Waals surface area contributed by atoms with Crippen LogP contribution in [-0.2, 0) is 40.4 Å². The monoisotopic (exact) mass is 651 g/mol. The molecule has 5 aromatic carbocycles. The number of fused-ring (bicyclic) bond motifs is 3. The Balaban J connectivity index is 1.07. The largest absolute Gasteiger partial charge is 0.459 e. The third kappa shape index (κ3) is 7.11. The number of para-hydroxylation sites is 2. The van der Waals surface area contributed by atoms with E-state index in [-0.39, 0.29) is 36.6 Å². The molecule has 2 amide bonds. The number of hydrogen-bond donors (Lipinski definition) is 4. The Morgan fingerprint density at radius 2 is 1.51 bits per heavy atom. The number of allylic oxidation sites excluding steroid dienone is 1. The van der Waals surface area contributed by atoms with Gasteiger partial charge in [0.05, 0.1) is 24.6 Å². The van der Waals surface area contributed by atoms with Crippen molar-refractivity contribution in [3.63, 3.8) is 0 Å². The van der Waals surface area contributed by atoms with Gasteiger partial charge in [-0.2, -0.15) is 0 Å². The zero-order valence-corrected chi connectivity index (χ0v) is 26.9. The predicted molar refractivity (Wildman–Crippen MR) is 189 cm³/mol. The summed E-state index contributed by atoms with van der Waals surface area (Å²) in [4.78, 5) is 26.4. The summed E-state index contributed by atoms with van der Waals surface area (Å²) in [6.45, 7) is 0.524. The van der Waals surface area contributed by atoms with Gasteiger partial charge in [-0.25, -0.2) is 0 Å². The van der Waals surface area contributed by atoms with Gasteiger partial charge in [-0.1, -0.05) is 91.0 Å². The zero-order valence-electron chi connectivity index (χ0n) is 26.9. The molecular weight excluding hydrogens is 614 g/mol. The van der Waals surface area contributed by atoms with Crippen LogP contribution in [0.5, 0.6) is 0 Å². The number of carbonyl (C=O) groups excluding carboxylic acids is 2. The number of amides is 2. The van der Waals surface area contributed by atoms with Crippen molar-refractivity contribution in [2.45, 2.75) is 44.8 Å². The van der Waals surface area contributed by atoms with Gasteiger partial charge in [0.25, 0.3) is 11.8 Å². The van der Waals surface area contributed by atoms with E-state index in [1.165, 1.54) is 22.3 Å². The molecule has 1 heterocycles. The molecule has 0 saturated heterocycles. The summed E-state index contributed by atoms with van der Waals surface area (Å²) in [5.74, 6) is -0.507. The number of nitrogens with one attached hydrogen (secondary N) is 2. The van der Waals surface area contributed by atoms with E-state index in [1.54, 1.807) is 36.4 Å². The van der Waals surface area contributed by atoms with Crippen molar-refractivity contribution >= 4 is 23.2 Å². The van der Waals surface area contributed by atoms with Crippen LogP contribution in [0.25, 0.3) is 11.1 Å². The lowest BCUT2D eigenvalue weighted by atomic mass is 9.87. The van der Waals surface area contributed by atoms with Crippen molar-refractivity contribution < 1.29 is 24.2 Å². The minimum atomic E-state index is -0.649. The smallest absolute Gasteiger partial charge is 0.286 e. The van der Waals surface area contributed by atoms with E-state index < -0.39 is 6.29 Å². The minimum Gasteiger partial charge on any atom is -0.459 e. The van der Waals surface area contributed by atoms with Crippen molar-refractivity contribution in [1.29, 1.82) is 0 Å². The fourth-order valence-corrected chi connectivity index (χ4v) is 6.44. The fraction of sp³-hybridized carbons (Fsp3) is 0.171. The molecule has 8 heteroatoms. The first kappa shape index (κ1) is 31.9. The Kier molecular flexibility index (Phi) is 9.23. The van der Waals surface area contributed by atoms with Crippen LogP contribution in [0.15, 0.2) is 127 Å². The molecular formula is C41H37N3O5. The van der Waals surface area contributed by atoms with Gasteiger partial charge in [0.15, 0.2) is 5.76 Å². The Morgan fingerprint density at radius 3 is 2.31 bits per heavy atom. The second-order valence-corrected chi connectivity index (χ2v) is 12.3. The number of rotatable bonds is 10. The molecule has 5 N–H and O–H groups in total. The first-order chi connectivity index (χ1) is 23.9. The number of aliphatic hydroxyl groups excluding tert-OH is 1. The Bertz CT molecular complexity index is 2020. The van der Waals surface area contributed by atoms with Gasteiger partial charge in [0, 0.05) is 24.4 Å². The maximum atomic E-state index is 13.6. The van der Waals surface area contributed by atoms with Gasteiger partial charge in [-0.3, -0.25) is 9.59 Å². The molecule has 1 aliphatic carbocycles. The average Bonchev–Trinajstić information content (AvgIpc) is 3.53. The number of ether oxygens (including phenoxy) is 2.